The molecular weight excluding hydrogens is 408 g/mol. The van der Waals surface area contributed by atoms with E-state index in [1.165, 1.54) is 5.57 Å². The molecule has 0 amide bonds. The number of anilines is 2. The van der Waals surface area contributed by atoms with Crippen molar-refractivity contribution in [3.63, 3.8) is 0 Å². The minimum absolute atomic E-state index is 0.204. The van der Waals surface area contributed by atoms with Gasteiger partial charge in [-0.05, 0) is 30.7 Å². The van der Waals surface area contributed by atoms with Gasteiger partial charge in [-0.2, -0.15) is 5.10 Å². The molecule has 4 aromatic rings. The molecule has 0 aromatic carbocycles. The van der Waals surface area contributed by atoms with E-state index in [2.05, 4.69) is 49.5 Å². The number of rotatable bonds is 4. The van der Waals surface area contributed by atoms with Gasteiger partial charge in [0.25, 0.3) is 0 Å². The molecule has 1 unspecified atom stereocenters. The Morgan fingerprint density at radius 3 is 3.06 bits per heavy atom. The van der Waals surface area contributed by atoms with E-state index in [0.717, 1.165) is 64.1 Å². The summed E-state index contributed by atoms with van der Waals surface area (Å²) in [5.74, 6) is 0.958. The van der Waals surface area contributed by atoms with Gasteiger partial charge in [-0.3, -0.25) is 9.41 Å². The van der Waals surface area contributed by atoms with Crippen LogP contribution >= 0.6 is 11.3 Å². The van der Waals surface area contributed by atoms with Gasteiger partial charge in [0, 0.05) is 44.1 Å². The Morgan fingerprint density at radius 2 is 2.26 bits per heavy atom. The van der Waals surface area contributed by atoms with Gasteiger partial charge in [0.15, 0.2) is 11.5 Å². The Balaban J connectivity index is 1.47. The minimum atomic E-state index is 0.204. The standard InChI is InChI=1S/C22H22N8S/c1-29-12-16(10-26-29)18-11-25-21-20(28-19-8-14-4-3-7-24-22(14)31-19)27-17(13-30(18)21)15-5-2-6-23-9-15/h3-5,7-8,10-11,13,16,23H,2,6,9,12H2,1H3,(H,27,28). The van der Waals surface area contributed by atoms with E-state index in [-0.39, 0.29) is 5.92 Å². The first-order valence-corrected chi connectivity index (χ1v) is 11.2. The van der Waals surface area contributed by atoms with Crippen molar-refractivity contribution in [2.75, 3.05) is 32.0 Å². The third-order valence-electron chi connectivity index (χ3n) is 5.70. The summed E-state index contributed by atoms with van der Waals surface area (Å²) < 4.78 is 2.17. The Kier molecular flexibility index (Phi) is 4.43. The maximum Gasteiger partial charge on any atom is 0.180 e. The van der Waals surface area contributed by atoms with Crippen LogP contribution in [-0.2, 0) is 0 Å². The van der Waals surface area contributed by atoms with Crippen molar-refractivity contribution in [2.24, 2.45) is 5.10 Å². The number of pyridine rings is 1. The number of aromatic nitrogens is 4. The molecule has 31 heavy (non-hydrogen) atoms. The largest absolute Gasteiger partial charge is 0.329 e. The summed E-state index contributed by atoms with van der Waals surface area (Å²) in [6.45, 7) is 2.68. The molecule has 2 aliphatic heterocycles. The Hall–Kier alpha value is -3.30. The second-order valence-corrected chi connectivity index (χ2v) is 8.92. The highest BCUT2D eigenvalue weighted by Gasteiger charge is 2.23. The number of hydrogen-bond donors (Lipinski definition) is 2. The maximum absolute atomic E-state index is 4.98. The number of hydrazone groups is 1. The molecule has 8 nitrogen and oxygen atoms in total. The van der Waals surface area contributed by atoms with Gasteiger partial charge in [-0.15, -0.1) is 0 Å². The van der Waals surface area contributed by atoms with Crippen molar-refractivity contribution in [1.82, 2.24) is 29.7 Å². The highest BCUT2D eigenvalue weighted by molar-refractivity contribution is 7.22. The Bertz CT molecular complexity index is 1300. The lowest BCUT2D eigenvalue weighted by atomic mass is 10.1. The number of nitrogens with zero attached hydrogens (tertiary/aromatic N) is 6. The molecule has 1 atom stereocenters. The number of nitrogens with one attached hydrogen (secondary N) is 2. The summed E-state index contributed by atoms with van der Waals surface area (Å²) in [5.41, 5.74) is 4.11. The summed E-state index contributed by atoms with van der Waals surface area (Å²) in [7, 11) is 1.99. The van der Waals surface area contributed by atoms with Crippen LogP contribution < -0.4 is 10.6 Å². The van der Waals surface area contributed by atoms with Crippen LogP contribution in [0.1, 0.15) is 23.7 Å². The van der Waals surface area contributed by atoms with Crippen LogP contribution in [0, 0.1) is 0 Å². The first kappa shape index (κ1) is 18.5. The van der Waals surface area contributed by atoms with Crippen LogP contribution in [-0.4, -0.2) is 57.3 Å². The van der Waals surface area contributed by atoms with Crippen LogP contribution in [0.4, 0.5) is 10.8 Å². The smallest absolute Gasteiger partial charge is 0.180 e. The van der Waals surface area contributed by atoms with Crippen molar-refractivity contribution in [3.8, 4) is 0 Å². The average molecular weight is 431 g/mol. The zero-order valence-corrected chi connectivity index (χ0v) is 17.9. The lowest BCUT2D eigenvalue weighted by Crippen LogP contribution is -2.22. The van der Waals surface area contributed by atoms with Crippen molar-refractivity contribution in [2.45, 2.75) is 12.3 Å². The highest BCUT2D eigenvalue weighted by Crippen LogP contribution is 2.32. The third-order valence-corrected chi connectivity index (χ3v) is 6.67. The molecule has 9 heteroatoms. The molecule has 2 N–H and O–H groups in total. The van der Waals surface area contributed by atoms with Gasteiger partial charge >= 0.3 is 0 Å². The fraction of sp³-hybridized carbons (Fsp3) is 0.273. The molecule has 0 spiro atoms. The van der Waals surface area contributed by atoms with E-state index in [1.807, 2.05) is 36.7 Å². The topological polar surface area (TPSA) is 82.7 Å². The monoisotopic (exact) mass is 430 g/mol. The molecule has 0 radical (unpaired) electrons. The lowest BCUT2D eigenvalue weighted by molar-refractivity contribution is 0.380. The zero-order valence-electron chi connectivity index (χ0n) is 17.1. The van der Waals surface area contributed by atoms with E-state index in [1.54, 1.807) is 11.3 Å². The Morgan fingerprint density at radius 1 is 1.29 bits per heavy atom. The average Bonchev–Trinajstić information content (AvgIpc) is 3.51. The van der Waals surface area contributed by atoms with Gasteiger partial charge < -0.3 is 10.6 Å². The highest BCUT2D eigenvalue weighted by atomic mass is 32.1. The van der Waals surface area contributed by atoms with Crippen LogP contribution in [0.25, 0.3) is 21.4 Å². The van der Waals surface area contributed by atoms with E-state index >= 15 is 0 Å². The predicted molar refractivity (Wildman–Crippen MR) is 125 cm³/mol. The molecule has 4 aromatic heterocycles. The lowest BCUT2D eigenvalue weighted by Gasteiger charge is -2.17. The van der Waals surface area contributed by atoms with Gasteiger partial charge in [0.05, 0.1) is 28.5 Å². The summed E-state index contributed by atoms with van der Waals surface area (Å²) in [6.07, 6.45) is 11.2. The molecule has 0 bridgehead atoms. The van der Waals surface area contributed by atoms with E-state index in [4.69, 9.17) is 9.97 Å². The second-order valence-electron chi connectivity index (χ2n) is 7.89. The molecule has 0 aliphatic carbocycles. The maximum atomic E-state index is 4.98. The van der Waals surface area contributed by atoms with Crippen LogP contribution in [0.2, 0.25) is 0 Å². The van der Waals surface area contributed by atoms with Crippen LogP contribution in [0.3, 0.4) is 0 Å². The van der Waals surface area contributed by atoms with Crippen molar-refractivity contribution >= 4 is 49.8 Å². The molecule has 6 rings (SSSR count). The van der Waals surface area contributed by atoms with Crippen molar-refractivity contribution in [3.05, 3.63) is 54.3 Å². The Labute approximate surface area is 183 Å². The first-order chi connectivity index (χ1) is 15.2. The van der Waals surface area contributed by atoms with E-state index in [0.29, 0.717) is 0 Å². The molecule has 156 valence electrons. The molecule has 2 aliphatic rings. The van der Waals surface area contributed by atoms with Crippen LogP contribution in [0.5, 0.6) is 0 Å². The molecule has 0 saturated carbocycles. The van der Waals surface area contributed by atoms with Gasteiger partial charge in [0.1, 0.15) is 4.83 Å². The normalized spacial score (nSPS) is 18.8. The second kappa shape index (κ2) is 7.44. The quantitative estimate of drug-likeness (QED) is 0.516. The number of hydrogen-bond acceptors (Lipinski definition) is 8. The zero-order chi connectivity index (χ0) is 20.8. The van der Waals surface area contributed by atoms with Gasteiger partial charge in [0.2, 0.25) is 0 Å². The summed E-state index contributed by atoms with van der Waals surface area (Å²) in [6, 6.07) is 6.15. The van der Waals surface area contributed by atoms with Crippen LogP contribution in [0.15, 0.2) is 48.0 Å². The third kappa shape index (κ3) is 3.35. The van der Waals surface area contributed by atoms with E-state index < -0.39 is 0 Å². The SMILES string of the molecule is CN1CC(c2cnc3c(Nc4cc5cccnc5s4)nc(C4=CCCNC4)cn23)C=N1. The summed E-state index contributed by atoms with van der Waals surface area (Å²) in [5, 5.41) is 15.5. The van der Waals surface area contributed by atoms with Crippen molar-refractivity contribution in [1.29, 1.82) is 0 Å². The molecule has 6 heterocycles. The fourth-order valence-corrected chi connectivity index (χ4v) is 5.05. The molecular formula is C22H22N8S. The van der Waals surface area contributed by atoms with E-state index in [9.17, 15) is 0 Å². The minimum Gasteiger partial charge on any atom is -0.329 e. The molecule has 0 fully saturated rings. The molecule has 0 saturated heterocycles. The summed E-state index contributed by atoms with van der Waals surface area (Å²) >= 11 is 1.62. The number of fused-ring (bicyclic) bond motifs is 2. The number of thiophene rings is 1. The number of imidazole rings is 1. The number of likely N-dealkylation sites (N-methyl/N-ethyl adjacent to an activating group) is 1. The predicted octanol–water partition coefficient (Wildman–Crippen LogP) is 3.47. The van der Waals surface area contributed by atoms with Crippen molar-refractivity contribution < 1.29 is 0 Å². The van der Waals surface area contributed by atoms with Gasteiger partial charge in [-0.1, -0.05) is 23.5 Å². The fourth-order valence-electron chi connectivity index (χ4n) is 4.15. The van der Waals surface area contributed by atoms with Gasteiger partial charge in [-0.25, -0.2) is 15.0 Å². The summed E-state index contributed by atoms with van der Waals surface area (Å²) in [4.78, 5) is 15.2. The first-order valence-electron chi connectivity index (χ1n) is 10.4.